The Labute approximate surface area is 201 Å². The van der Waals surface area contributed by atoms with Crippen molar-refractivity contribution in [2.75, 3.05) is 10.0 Å². The third-order valence-corrected chi connectivity index (χ3v) is 7.91. The third kappa shape index (κ3) is 5.40. The molecule has 1 aliphatic rings. The van der Waals surface area contributed by atoms with Crippen molar-refractivity contribution < 1.29 is 30.8 Å². The number of pyridine rings is 1. The lowest BCUT2D eigenvalue weighted by atomic mass is 9.89. The van der Waals surface area contributed by atoms with Gasteiger partial charge in [-0.1, -0.05) is 0 Å². The van der Waals surface area contributed by atoms with Gasteiger partial charge in [0.25, 0.3) is 0 Å². The second-order valence-corrected chi connectivity index (χ2v) is 11.1. The van der Waals surface area contributed by atoms with Crippen LogP contribution >= 0.6 is 11.3 Å². The molecule has 0 radical (unpaired) electrons. The van der Waals surface area contributed by atoms with Crippen LogP contribution in [-0.4, -0.2) is 39.5 Å². The number of anilines is 2. The van der Waals surface area contributed by atoms with E-state index in [1.165, 1.54) is 19.2 Å². The van der Waals surface area contributed by atoms with E-state index in [4.69, 9.17) is 0 Å². The average Bonchev–Trinajstić information content (AvgIpc) is 3.55. The summed E-state index contributed by atoms with van der Waals surface area (Å²) in [5.74, 6) is -2.13. The van der Waals surface area contributed by atoms with E-state index in [-0.39, 0.29) is 22.1 Å². The van der Waals surface area contributed by atoms with E-state index in [0.29, 0.717) is 19.0 Å². The minimum absolute atomic E-state index is 0.0644. The Kier molecular flexibility index (Phi) is 6.25. The molecule has 1 aliphatic carbocycles. The van der Waals surface area contributed by atoms with Gasteiger partial charge in [0.05, 0.1) is 34.4 Å². The van der Waals surface area contributed by atoms with Crippen molar-refractivity contribution in [3.8, 4) is 11.3 Å². The molecular weight excluding hydrogens is 512 g/mol. The van der Waals surface area contributed by atoms with Crippen molar-refractivity contribution in [2.24, 2.45) is 0 Å². The van der Waals surface area contributed by atoms with Gasteiger partial charge in [0, 0.05) is 17.1 Å². The number of thiazole rings is 1. The molecule has 4 rings (SSSR count). The van der Waals surface area contributed by atoms with Crippen LogP contribution in [0.5, 0.6) is 0 Å². The van der Waals surface area contributed by atoms with E-state index >= 15 is 0 Å². The maximum atomic E-state index is 14.7. The molecule has 0 aliphatic heterocycles. The lowest BCUT2D eigenvalue weighted by molar-refractivity contribution is -0.141. The zero-order chi connectivity index (χ0) is 25.6. The van der Waals surface area contributed by atoms with Crippen molar-refractivity contribution in [1.82, 2.24) is 19.9 Å². The average molecular weight is 531 g/mol. The quantitative estimate of drug-likeness (QED) is 0.443. The lowest BCUT2D eigenvalue weighted by Gasteiger charge is -2.21. The van der Waals surface area contributed by atoms with Crippen LogP contribution in [-0.2, 0) is 26.4 Å². The predicted molar refractivity (Wildman–Crippen MR) is 120 cm³/mol. The predicted octanol–water partition coefficient (Wildman–Crippen LogP) is 3.97. The number of nitrogens with one attached hydrogen (secondary N) is 2. The maximum absolute atomic E-state index is 14.7. The Morgan fingerprint density at radius 1 is 1.11 bits per heavy atom. The molecule has 1 saturated carbocycles. The monoisotopic (exact) mass is 530 g/mol. The molecule has 2 N–H and O–H groups in total. The number of sulfonamides is 1. The van der Waals surface area contributed by atoms with E-state index < -0.39 is 50.1 Å². The number of carbonyl (C=O) groups excluding carboxylic acids is 1. The van der Waals surface area contributed by atoms with E-state index in [1.807, 2.05) is 0 Å². The highest BCUT2D eigenvalue weighted by Crippen LogP contribution is 2.33. The number of amides is 1. The second-order valence-electron chi connectivity index (χ2n) is 8.31. The molecule has 1 fully saturated rings. The number of alkyl halides is 3. The van der Waals surface area contributed by atoms with Gasteiger partial charge in [0.15, 0.2) is 22.5 Å². The van der Waals surface area contributed by atoms with Gasteiger partial charge in [0.1, 0.15) is 0 Å². The highest BCUT2D eigenvalue weighted by atomic mass is 32.2. The van der Waals surface area contributed by atoms with Crippen LogP contribution < -0.4 is 10.0 Å². The molecule has 3 heterocycles. The summed E-state index contributed by atoms with van der Waals surface area (Å²) in [4.78, 5) is 27.8. The number of hydrogen-bond donors (Lipinski definition) is 2. The van der Waals surface area contributed by atoms with Crippen LogP contribution in [0, 0.1) is 5.82 Å². The van der Waals surface area contributed by atoms with Crippen LogP contribution in [0.2, 0.25) is 0 Å². The first-order valence-corrected chi connectivity index (χ1v) is 12.5. The normalized spacial score (nSPS) is 14.6. The van der Waals surface area contributed by atoms with Crippen molar-refractivity contribution in [3.63, 3.8) is 0 Å². The Morgan fingerprint density at radius 3 is 2.46 bits per heavy atom. The minimum Gasteiger partial charge on any atom is -0.307 e. The first-order valence-electron chi connectivity index (χ1n) is 10.1. The fraction of sp³-hybridized carbons (Fsp3) is 0.350. The SMILES string of the molecule is CC(C)(C(=O)Nc1ncc(-c2cncc(C(F)(F)F)n2)cc1F)c1csc(NS(=O)(=O)C2CC2)n1. The summed E-state index contributed by atoms with van der Waals surface area (Å²) in [6, 6.07) is 0.882. The largest absolute Gasteiger partial charge is 0.434 e. The molecule has 0 saturated heterocycles. The van der Waals surface area contributed by atoms with Crippen LogP contribution in [0.25, 0.3) is 11.3 Å². The maximum Gasteiger partial charge on any atom is 0.434 e. The summed E-state index contributed by atoms with van der Waals surface area (Å²) in [5.41, 5.74) is -2.58. The van der Waals surface area contributed by atoms with Gasteiger partial charge in [-0.2, -0.15) is 13.2 Å². The molecule has 3 aromatic rings. The number of aromatic nitrogens is 4. The number of halogens is 4. The molecule has 186 valence electrons. The summed E-state index contributed by atoms with van der Waals surface area (Å²) in [7, 11) is -3.52. The highest BCUT2D eigenvalue weighted by Gasteiger charge is 2.38. The number of hydrogen-bond acceptors (Lipinski definition) is 8. The lowest BCUT2D eigenvalue weighted by Crippen LogP contribution is -2.35. The molecular formula is C20H18F4N6O3S2. The Hall–Kier alpha value is -3.20. The molecule has 1 amide bonds. The van der Waals surface area contributed by atoms with Crippen molar-refractivity contribution >= 4 is 38.2 Å². The Morgan fingerprint density at radius 2 is 1.83 bits per heavy atom. The van der Waals surface area contributed by atoms with Gasteiger partial charge in [0.2, 0.25) is 15.9 Å². The topological polar surface area (TPSA) is 127 Å². The molecule has 0 unspecified atom stereocenters. The number of carbonyl (C=O) groups is 1. The van der Waals surface area contributed by atoms with Crippen molar-refractivity contribution in [1.29, 1.82) is 0 Å². The third-order valence-electron chi connectivity index (χ3n) is 5.20. The molecule has 0 atom stereocenters. The summed E-state index contributed by atoms with van der Waals surface area (Å²) >= 11 is 1.01. The molecule has 0 bridgehead atoms. The highest BCUT2D eigenvalue weighted by molar-refractivity contribution is 7.93. The molecule has 15 heteroatoms. The summed E-state index contributed by atoms with van der Waals surface area (Å²) in [5, 5.41) is 3.53. The van der Waals surface area contributed by atoms with Gasteiger partial charge in [-0.05, 0) is 32.8 Å². The van der Waals surface area contributed by atoms with E-state index in [9.17, 15) is 30.8 Å². The second kappa shape index (κ2) is 8.78. The van der Waals surface area contributed by atoms with Gasteiger partial charge in [-0.25, -0.2) is 27.8 Å². The van der Waals surface area contributed by atoms with E-state index in [1.54, 1.807) is 0 Å². The van der Waals surface area contributed by atoms with Crippen LogP contribution in [0.3, 0.4) is 0 Å². The summed E-state index contributed by atoms with van der Waals surface area (Å²) in [6.45, 7) is 3.03. The van der Waals surface area contributed by atoms with Gasteiger partial charge in [-0.3, -0.25) is 14.5 Å². The van der Waals surface area contributed by atoms with E-state index in [2.05, 4.69) is 30.0 Å². The molecule has 35 heavy (non-hydrogen) atoms. The van der Waals surface area contributed by atoms with Gasteiger partial charge >= 0.3 is 6.18 Å². The van der Waals surface area contributed by atoms with Gasteiger partial charge < -0.3 is 5.32 Å². The fourth-order valence-corrected chi connectivity index (χ4v) is 5.36. The smallest absolute Gasteiger partial charge is 0.307 e. The Bertz CT molecular complexity index is 1390. The number of rotatable bonds is 7. The van der Waals surface area contributed by atoms with Crippen molar-refractivity contribution in [3.05, 3.63) is 47.2 Å². The molecule has 0 aromatic carbocycles. The molecule has 3 aromatic heterocycles. The standard InChI is InChI=1S/C20H18F4N6O3S2/c1-19(2,15-9-34-18(28-15)30-35(32,33)11-3-4-11)17(31)29-16-12(21)5-10(6-26-16)13-7-25-8-14(27-13)20(22,23)24/h5-9,11H,3-4H2,1-2H3,(H,28,30)(H,26,29,31). The number of nitrogens with zero attached hydrogens (tertiary/aromatic N) is 4. The summed E-state index contributed by atoms with van der Waals surface area (Å²) in [6.07, 6.45) is -0.918. The Balaban J connectivity index is 1.50. The summed E-state index contributed by atoms with van der Waals surface area (Å²) < 4.78 is 79.8. The van der Waals surface area contributed by atoms with Crippen LogP contribution in [0.4, 0.5) is 28.5 Å². The van der Waals surface area contributed by atoms with Crippen LogP contribution in [0.1, 0.15) is 38.1 Å². The minimum atomic E-state index is -4.72. The zero-order valence-electron chi connectivity index (χ0n) is 18.2. The van der Waals surface area contributed by atoms with Crippen LogP contribution in [0.15, 0.2) is 30.0 Å². The fourth-order valence-electron chi connectivity index (χ4n) is 2.88. The zero-order valence-corrected chi connectivity index (χ0v) is 19.9. The molecule has 9 nitrogen and oxygen atoms in total. The first-order chi connectivity index (χ1) is 16.3. The first kappa shape index (κ1) is 24.9. The van der Waals surface area contributed by atoms with Gasteiger partial charge in [-0.15, -0.1) is 11.3 Å². The van der Waals surface area contributed by atoms with Crippen molar-refractivity contribution in [2.45, 2.75) is 43.5 Å². The molecule has 0 spiro atoms. The van der Waals surface area contributed by atoms with E-state index in [0.717, 1.165) is 29.8 Å².